The molecule has 1 atom stereocenters. The Hall–Kier alpha value is -3.76. The van der Waals surface area contributed by atoms with Gasteiger partial charge in [0.1, 0.15) is 11.9 Å². The molecule has 1 aliphatic rings. The van der Waals surface area contributed by atoms with Crippen LogP contribution in [0, 0.1) is 10.1 Å². The number of likely N-dealkylation sites (tertiary alicyclic amines) is 1. The van der Waals surface area contributed by atoms with Gasteiger partial charge in [0.25, 0.3) is 10.0 Å². The van der Waals surface area contributed by atoms with Gasteiger partial charge in [-0.3, -0.25) is 15.0 Å². The molecule has 1 N–H and O–H groups in total. The molecule has 0 saturated carbocycles. The van der Waals surface area contributed by atoms with Crippen LogP contribution in [-0.4, -0.2) is 46.3 Å². The van der Waals surface area contributed by atoms with Crippen LogP contribution in [-0.2, 0) is 16.6 Å². The molecule has 0 amide bonds. The Morgan fingerprint density at radius 1 is 1.06 bits per heavy atom. The largest absolute Gasteiger partial charge is 0.375 e. The Morgan fingerprint density at radius 2 is 1.76 bits per heavy atom. The molecular weight excluding hydrogens is 454 g/mol. The van der Waals surface area contributed by atoms with Gasteiger partial charge in [-0.2, -0.15) is 0 Å². The lowest BCUT2D eigenvalue weighted by Crippen LogP contribution is -2.26. The van der Waals surface area contributed by atoms with Crippen molar-refractivity contribution < 1.29 is 13.3 Å². The van der Waals surface area contributed by atoms with Crippen molar-refractivity contribution in [1.29, 1.82) is 0 Å². The summed E-state index contributed by atoms with van der Waals surface area (Å²) in [7, 11) is -3.89. The molecule has 2 aromatic heterocycles. The maximum absolute atomic E-state index is 13.2. The Bertz CT molecular complexity index is 1440. The van der Waals surface area contributed by atoms with Gasteiger partial charge in [0.2, 0.25) is 0 Å². The maximum atomic E-state index is 13.2. The van der Waals surface area contributed by atoms with E-state index in [1.54, 1.807) is 24.3 Å². The number of rotatable bonds is 7. The highest BCUT2D eigenvalue weighted by Crippen LogP contribution is 2.35. The van der Waals surface area contributed by atoms with E-state index in [1.807, 2.05) is 18.2 Å². The lowest BCUT2D eigenvalue weighted by atomic mass is 10.2. The van der Waals surface area contributed by atoms with Gasteiger partial charge in [0.05, 0.1) is 15.2 Å². The van der Waals surface area contributed by atoms with Crippen molar-refractivity contribution in [3.05, 3.63) is 94.8 Å². The molecule has 174 valence electrons. The third-order valence-electron chi connectivity index (χ3n) is 6.03. The van der Waals surface area contributed by atoms with Crippen LogP contribution < -0.4 is 5.32 Å². The molecule has 2 aromatic carbocycles. The maximum Gasteiger partial charge on any atom is 0.311 e. The Kier molecular flexibility index (Phi) is 5.76. The summed E-state index contributed by atoms with van der Waals surface area (Å²) in [4.78, 5) is 17.8. The quantitative estimate of drug-likeness (QED) is 0.318. The third-order valence-corrected chi connectivity index (χ3v) is 7.71. The molecule has 5 rings (SSSR count). The minimum atomic E-state index is -3.89. The predicted octanol–water partition coefficient (Wildman–Crippen LogP) is 3.87. The van der Waals surface area contributed by atoms with Gasteiger partial charge in [-0.15, -0.1) is 0 Å². The van der Waals surface area contributed by atoms with E-state index in [9.17, 15) is 18.5 Å². The SMILES string of the molecule is O=[N+]([O-])c1cnc2c(ccn2S(=O)(=O)c2ccccc2)c1NC1CCN(Cc2ccccc2)C1. The highest BCUT2D eigenvalue weighted by atomic mass is 32.2. The number of hydrogen-bond donors (Lipinski definition) is 1. The summed E-state index contributed by atoms with van der Waals surface area (Å²) in [6.07, 6.45) is 3.33. The summed E-state index contributed by atoms with van der Waals surface area (Å²) >= 11 is 0. The average molecular weight is 478 g/mol. The zero-order chi connectivity index (χ0) is 23.7. The van der Waals surface area contributed by atoms with Gasteiger partial charge >= 0.3 is 5.69 Å². The van der Waals surface area contributed by atoms with Gasteiger partial charge in [0.15, 0.2) is 5.65 Å². The first-order valence-electron chi connectivity index (χ1n) is 10.9. The van der Waals surface area contributed by atoms with E-state index >= 15 is 0 Å². The molecule has 0 radical (unpaired) electrons. The van der Waals surface area contributed by atoms with Crippen LogP contribution in [0.4, 0.5) is 11.4 Å². The first-order chi connectivity index (χ1) is 16.4. The number of aromatic nitrogens is 2. The topological polar surface area (TPSA) is 110 Å². The number of pyridine rings is 1. The predicted molar refractivity (Wildman–Crippen MR) is 129 cm³/mol. The van der Waals surface area contributed by atoms with E-state index < -0.39 is 14.9 Å². The minimum absolute atomic E-state index is 0.0120. The molecule has 0 aliphatic carbocycles. The lowest BCUT2D eigenvalue weighted by Gasteiger charge is -2.18. The van der Waals surface area contributed by atoms with Crippen molar-refractivity contribution in [2.24, 2.45) is 0 Å². The summed E-state index contributed by atoms with van der Waals surface area (Å²) in [6, 6.07) is 19.7. The van der Waals surface area contributed by atoms with Crippen LogP contribution in [0.2, 0.25) is 0 Å². The summed E-state index contributed by atoms with van der Waals surface area (Å²) in [5, 5.41) is 15.5. The van der Waals surface area contributed by atoms with Gasteiger partial charge < -0.3 is 5.32 Å². The van der Waals surface area contributed by atoms with Crippen molar-refractivity contribution >= 4 is 32.4 Å². The normalized spacial score (nSPS) is 16.6. The van der Waals surface area contributed by atoms with Crippen LogP contribution in [0.25, 0.3) is 11.0 Å². The Balaban J connectivity index is 1.46. The number of benzene rings is 2. The Morgan fingerprint density at radius 3 is 2.47 bits per heavy atom. The average Bonchev–Trinajstić information content (AvgIpc) is 3.48. The van der Waals surface area contributed by atoms with Gasteiger partial charge in [-0.1, -0.05) is 48.5 Å². The van der Waals surface area contributed by atoms with Crippen LogP contribution >= 0.6 is 0 Å². The highest BCUT2D eigenvalue weighted by molar-refractivity contribution is 7.90. The van der Waals surface area contributed by atoms with Crippen molar-refractivity contribution in [2.45, 2.75) is 23.9 Å². The van der Waals surface area contributed by atoms with E-state index in [0.717, 1.165) is 36.2 Å². The zero-order valence-electron chi connectivity index (χ0n) is 18.2. The molecule has 0 bridgehead atoms. The molecule has 34 heavy (non-hydrogen) atoms. The minimum Gasteiger partial charge on any atom is -0.375 e. The fraction of sp³-hybridized carbons (Fsp3) is 0.208. The number of hydrogen-bond acceptors (Lipinski definition) is 7. The van der Waals surface area contributed by atoms with Crippen molar-refractivity contribution in [2.75, 3.05) is 18.4 Å². The summed E-state index contributed by atoms with van der Waals surface area (Å²) < 4.78 is 27.4. The van der Waals surface area contributed by atoms with E-state index in [4.69, 9.17) is 0 Å². The first-order valence-corrected chi connectivity index (χ1v) is 12.4. The Labute approximate surface area is 196 Å². The van der Waals surface area contributed by atoms with E-state index in [1.165, 1.54) is 23.9 Å². The van der Waals surface area contributed by atoms with E-state index in [-0.39, 0.29) is 22.3 Å². The van der Waals surface area contributed by atoms with Gasteiger partial charge in [-0.25, -0.2) is 17.4 Å². The second kappa shape index (κ2) is 8.88. The van der Waals surface area contributed by atoms with E-state index in [0.29, 0.717) is 11.1 Å². The molecule has 4 aromatic rings. The van der Waals surface area contributed by atoms with Crippen LogP contribution in [0.1, 0.15) is 12.0 Å². The molecule has 9 nitrogen and oxygen atoms in total. The monoisotopic (exact) mass is 477 g/mol. The standard InChI is InChI=1S/C24H23N5O4S/c30-29(31)22-15-25-24-21(12-14-28(24)34(32,33)20-9-5-2-6-10-20)23(22)26-19-11-13-27(17-19)16-18-7-3-1-4-8-18/h1-10,12,14-15,19H,11,13,16-17H2,(H,25,26). The molecule has 1 fully saturated rings. The first kappa shape index (κ1) is 22.1. The van der Waals surface area contributed by atoms with Crippen molar-refractivity contribution in [3.8, 4) is 0 Å². The second-order valence-corrected chi connectivity index (χ2v) is 10.1. The third kappa shape index (κ3) is 4.13. The fourth-order valence-corrected chi connectivity index (χ4v) is 5.70. The van der Waals surface area contributed by atoms with Gasteiger partial charge in [-0.05, 0) is 30.2 Å². The highest BCUT2D eigenvalue weighted by Gasteiger charge is 2.29. The molecule has 10 heteroatoms. The summed E-state index contributed by atoms with van der Waals surface area (Å²) in [6.45, 7) is 2.38. The van der Waals surface area contributed by atoms with Crippen LogP contribution in [0.3, 0.4) is 0 Å². The summed E-state index contributed by atoms with van der Waals surface area (Å²) in [5.41, 5.74) is 1.48. The molecular formula is C24H23N5O4S. The van der Waals surface area contributed by atoms with Crippen molar-refractivity contribution in [1.82, 2.24) is 13.9 Å². The lowest BCUT2D eigenvalue weighted by molar-refractivity contribution is -0.384. The smallest absolute Gasteiger partial charge is 0.311 e. The van der Waals surface area contributed by atoms with Crippen LogP contribution in [0.15, 0.2) is 84.0 Å². The molecule has 1 aliphatic heterocycles. The number of nitrogens with one attached hydrogen (secondary N) is 1. The number of fused-ring (bicyclic) bond motifs is 1. The number of nitro groups is 1. The molecule has 0 spiro atoms. The number of anilines is 1. The molecule has 1 unspecified atom stereocenters. The van der Waals surface area contributed by atoms with Crippen molar-refractivity contribution in [3.63, 3.8) is 0 Å². The fourth-order valence-electron chi connectivity index (χ4n) is 4.38. The zero-order valence-corrected chi connectivity index (χ0v) is 19.1. The van der Waals surface area contributed by atoms with E-state index in [2.05, 4.69) is 27.3 Å². The second-order valence-electron chi connectivity index (χ2n) is 8.29. The summed E-state index contributed by atoms with van der Waals surface area (Å²) in [5.74, 6) is 0. The van der Waals surface area contributed by atoms with Crippen LogP contribution in [0.5, 0.6) is 0 Å². The molecule has 1 saturated heterocycles. The van der Waals surface area contributed by atoms with Gasteiger partial charge in [0, 0.05) is 31.9 Å². The number of nitrogens with zero attached hydrogens (tertiary/aromatic N) is 4. The molecule has 3 heterocycles.